The number of rotatable bonds is 7. The van der Waals surface area contributed by atoms with Crippen molar-refractivity contribution in [1.29, 1.82) is 0 Å². The van der Waals surface area contributed by atoms with Gasteiger partial charge in [0.2, 0.25) is 0 Å². The molecule has 0 amide bonds. The van der Waals surface area contributed by atoms with Gasteiger partial charge in [-0.15, -0.1) is 0 Å². The smallest absolute Gasteiger partial charge is 0.268 e. The van der Waals surface area contributed by atoms with Gasteiger partial charge in [-0.2, -0.15) is 0 Å². The van der Waals surface area contributed by atoms with Gasteiger partial charge in [0, 0.05) is 35.4 Å². The first-order chi connectivity index (χ1) is 26.3. The Morgan fingerprint density at radius 3 is 2.09 bits per heavy atom. The Kier molecular flexibility index (Phi) is 8.20. The highest BCUT2D eigenvalue weighted by molar-refractivity contribution is 6.09. The summed E-state index contributed by atoms with van der Waals surface area (Å²) in [7, 11) is 0. The van der Waals surface area contributed by atoms with Crippen molar-refractivity contribution >= 4 is 21.8 Å². The Morgan fingerprint density at radius 2 is 1.33 bits per heavy atom. The standard InChI is InChI=1S/C49H40N4O/c1-34-27-37(35-13-7-5-8-14-35)19-22-45(34)52-26-25-51(33-52)40-28-38(36-15-9-6-10-16-36)29-42(31-40)54-41-20-21-44-43-17-11-12-18-46(43)53(47(44)32-41)48-30-39(23-24-50-48)49(2,3)4/h5-32H,1-4H3. The third-order valence-corrected chi connectivity index (χ3v) is 10.1. The average Bonchev–Trinajstić information content (AvgIpc) is 3.82. The van der Waals surface area contributed by atoms with Gasteiger partial charge in [0.15, 0.2) is 0 Å². The predicted molar refractivity (Wildman–Crippen MR) is 219 cm³/mol. The molecule has 0 radical (unpaired) electrons. The highest BCUT2D eigenvalue weighted by atomic mass is 16.5. The summed E-state index contributed by atoms with van der Waals surface area (Å²) in [4.78, 5) is 4.86. The van der Waals surface area contributed by atoms with E-state index in [1.54, 1.807) is 0 Å². The summed E-state index contributed by atoms with van der Waals surface area (Å²) in [5.74, 6) is 2.37. The molecule has 0 fully saturated rings. The molecule has 0 spiro atoms. The van der Waals surface area contributed by atoms with Crippen molar-refractivity contribution in [1.82, 2.24) is 14.1 Å². The van der Waals surface area contributed by atoms with E-state index in [4.69, 9.17) is 9.72 Å². The summed E-state index contributed by atoms with van der Waals surface area (Å²) in [6.45, 7) is 8.85. The maximum absolute atomic E-state index is 6.77. The number of hydrogen-bond acceptors (Lipinski definition) is 2. The lowest BCUT2D eigenvalue weighted by atomic mass is 9.88. The van der Waals surface area contributed by atoms with E-state index in [9.17, 15) is 0 Å². The van der Waals surface area contributed by atoms with Crippen LogP contribution in [-0.4, -0.2) is 14.1 Å². The lowest BCUT2D eigenvalue weighted by molar-refractivity contribution is -0.599. The van der Waals surface area contributed by atoms with E-state index in [0.29, 0.717) is 0 Å². The van der Waals surface area contributed by atoms with E-state index < -0.39 is 0 Å². The monoisotopic (exact) mass is 700 g/mol. The largest absolute Gasteiger partial charge is 0.458 e. The first-order valence-corrected chi connectivity index (χ1v) is 18.4. The predicted octanol–water partition coefficient (Wildman–Crippen LogP) is 11.8. The summed E-state index contributed by atoms with van der Waals surface area (Å²) in [6.07, 6.45) is 9.57. The number of fused-ring (bicyclic) bond motifs is 3. The first-order valence-electron chi connectivity index (χ1n) is 18.4. The molecule has 5 heteroatoms. The Morgan fingerprint density at radius 1 is 0.611 bits per heavy atom. The summed E-state index contributed by atoms with van der Waals surface area (Å²) < 4.78 is 13.1. The molecule has 54 heavy (non-hydrogen) atoms. The van der Waals surface area contributed by atoms with Gasteiger partial charge < -0.3 is 4.74 Å². The molecule has 262 valence electrons. The molecular formula is C49H40N4O. The van der Waals surface area contributed by atoms with E-state index in [1.165, 1.54) is 27.6 Å². The van der Waals surface area contributed by atoms with Crippen LogP contribution in [0.5, 0.6) is 11.5 Å². The zero-order valence-corrected chi connectivity index (χ0v) is 30.9. The minimum absolute atomic E-state index is 0.00552. The molecule has 3 heterocycles. The molecule has 3 aromatic heterocycles. The van der Waals surface area contributed by atoms with Crippen molar-refractivity contribution in [3.8, 4) is 50.9 Å². The minimum Gasteiger partial charge on any atom is -0.458 e. The van der Waals surface area contributed by atoms with Gasteiger partial charge in [0.1, 0.15) is 17.3 Å². The van der Waals surface area contributed by atoms with Crippen LogP contribution in [0, 0.1) is 13.3 Å². The van der Waals surface area contributed by atoms with E-state index in [2.05, 4.69) is 189 Å². The van der Waals surface area contributed by atoms with Crippen LogP contribution in [0.25, 0.3) is 61.3 Å². The number of para-hydroxylation sites is 1. The van der Waals surface area contributed by atoms with Crippen molar-refractivity contribution < 1.29 is 9.30 Å². The number of imidazole rings is 1. The first kappa shape index (κ1) is 33.1. The number of hydrogen-bond donors (Lipinski definition) is 0. The summed E-state index contributed by atoms with van der Waals surface area (Å²) in [6, 6.07) is 53.0. The van der Waals surface area contributed by atoms with Gasteiger partial charge in [-0.05, 0) is 100 Å². The molecule has 0 unspecified atom stereocenters. The van der Waals surface area contributed by atoms with Crippen molar-refractivity contribution in [3.63, 3.8) is 0 Å². The Bertz CT molecular complexity index is 2790. The number of benzene rings is 6. The SMILES string of the molecule is Cc1cc(-c2ccccc2)ccc1-[n+]1[c-]n(-c2cc(Oc3ccc4c5ccccc5n(-c5cc(C(C)(C)C)ccn5)c4c3)cc(-c3ccccc3)c2)cc1. The van der Waals surface area contributed by atoms with Crippen molar-refractivity contribution in [2.75, 3.05) is 0 Å². The molecule has 0 saturated carbocycles. The molecule has 0 bridgehead atoms. The topological polar surface area (TPSA) is 35.9 Å². The molecule has 0 saturated heterocycles. The number of pyridine rings is 1. The third kappa shape index (κ3) is 6.24. The zero-order chi connectivity index (χ0) is 36.8. The lowest BCUT2D eigenvalue weighted by Gasteiger charge is -2.20. The van der Waals surface area contributed by atoms with E-state index in [-0.39, 0.29) is 5.41 Å². The minimum atomic E-state index is -0.00552. The molecule has 0 aliphatic heterocycles. The van der Waals surface area contributed by atoms with E-state index in [0.717, 1.165) is 56.2 Å². The second-order valence-corrected chi connectivity index (χ2v) is 14.9. The van der Waals surface area contributed by atoms with Gasteiger partial charge in [-0.25, -0.2) is 4.98 Å². The summed E-state index contributed by atoms with van der Waals surface area (Å²) in [5.41, 5.74) is 11.1. The van der Waals surface area contributed by atoms with Crippen LogP contribution in [0.3, 0.4) is 0 Å². The van der Waals surface area contributed by atoms with Crippen molar-refractivity contribution in [2.24, 2.45) is 0 Å². The zero-order valence-electron chi connectivity index (χ0n) is 30.9. The second kappa shape index (κ2) is 13.4. The number of ether oxygens (including phenoxy) is 1. The molecule has 0 atom stereocenters. The van der Waals surface area contributed by atoms with Crippen LogP contribution < -0.4 is 9.30 Å². The fourth-order valence-corrected chi connectivity index (χ4v) is 7.31. The normalized spacial score (nSPS) is 11.7. The van der Waals surface area contributed by atoms with E-state index in [1.807, 2.05) is 29.1 Å². The Labute approximate surface area is 316 Å². The van der Waals surface area contributed by atoms with Crippen molar-refractivity contribution in [2.45, 2.75) is 33.1 Å². The molecule has 9 rings (SSSR count). The molecule has 9 aromatic rings. The third-order valence-electron chi connectivity index (χ3n) is 10.1. The molecule has 0 aliphatic rings. The van der Waals surface area contributed by atoms with Crippen LogP contribution in [-0.2, 0) is 5.41 Å². The highest BCUT2D eigenvalue weighted by Gasteiger charge is 2.19. The second-order valence-electron chi connectivity index (χ2n) is 14.9. The maximum atomic E-state index is 6.77. The number of aromatic nitrogens is 4. The summed E-state index contributed by atoms with van der Waals surface area (Å²) >= 11 is 0. The fourth-order valence-electron chi connectivity index (χ4n) is 7.31. The van der Waals surface area contributed by atoms with Gasteiger partial charge in [0.25, 0.3) is 6.33 Å². The highest BCUT2D eigenvalue weighted by Crippen LogP contribution is 2.37. The maximum Gasteiger partial charge on any atom is 0.268 e. The molecule has 0 N–H and O–H groups in total. The van der Waals surface area contributed by atoms with Gasteiger partial charge >= 0.3 is 0 Å². The summed E-state index contributed by atoms with van der Waals surface area (Å²) in [5, 5.41) is 2.33. The van der Waals surface area contributed by atoms with Gasteiger partial charge in [-0.3, -0.25) is 13.7 Å². The lowest BCUT2D eigenvalue weighted by Crippen LogP contribution is -2.29. The van der Waals surface area contributed by atoms with Gasteiger partial charge in [0.05, 0.1) is 22.4 Å². The van der Waals surface area contributed by atoms with Crippen LogP contribution in [0.4, 0.5) is 0 Å². The number of nitrogens with zero attached hydrogens (tertiary/aromatic N) is 4. The van der Waals surface area contributed by atoms with Crippen LogP contribution in [0.2, 0.25) is 0 Å². The van der Waals surface area contributed by atoms with Crippen LogP contribution >= 0.6 is 0 Å². The Hall–Kier alpha value is -6.72. The van der Waals surface area contributed by atoms with Crippen molar-refractivity contribution in [3.05, 3.63) is 188 Å². The Balaban J connectivity index is 1.11. The molecule has 6 aromatic carbocycles. The quantitative estimate of drug-likeness (QED) is 0.123. The molecular weight excluding hydrogens is 661 g/mol. The molecule has 5 nitrogen and oxygen atoms in total. The average molecular weight is 701 g/mol. The van der Waals surface area contributed by atoms with Crippen LogP contribution in [0.1, 0.15) is 31.9 Å². The van der Waals surface area contributed by atoms with Gasteiger partial charge in [-0.1, -0.05) is 112 Å². The van der Waals surface area contributed by atoms with Crippen LogP contribution in [0.15, 0.2) is 170 Å². The molecule has 0 aliphatic carbocycles. The van der Waals surface area contributed by atoms with E-state index >= 15 is 0 Å². The number of aryl methyl sites for hydroxylation is 1. The fraction of sp³-hybridized carbons (Fsp3) is 0.102.